The lowest BCUT2D eigenvalue weighted by Crippen LogP contribution is -2.39. The van der Waals surface area contributed by atoms with Gasteiger partial charge in [0.1, 0.15) is 0 Å². The lowest BCUT2D eigenvalue weighted by molar-refractivity contribution is 0.0726. The number of hydrogen-bond donors (Lipinski definition) is 1. The molecule has 1 aromatic rings. The molecular weight excluding hydrogens is 238 g/mol. The molecule has 0 radical (unpaired) electrons. The first-order valence-electron chi connectivity index (χ1n) is 7.12. The number of pyridine rings is 1. The molecule has 19 heavy (non-hydrogen) atoms. The van der Waals surface area contributed by atoms with Crippen molar-refractivity contribution in [1.29, 1.82) is 0 Å². The number of rotatable bonds is 4. The number of aryl methyl sites for hydroxylation is 1. The van der Waals surface area contributed by atoms with Gasteiger partial charge in [0.05, 0.1) is 5.56 Å². The molecule has 1 fully saturated rings. The summed E-state index contributed by atoms with van der Waals surface area (Å²) in [5, 5.41) is 3.36. The van der Waals surface area contributed by atoms with E-state index in [0.29, 0.717) is 11.5 Å². The Morgan fingerprint density at radius 1 is 1.42 bits per heavy atom. The van der Waals surface area contributed by atoms with Crippen molar-refractivity contribution in [3.8, 4) is 0 Å². The SMILES string of the molecule is CCN(CC1CCNCC1)C(=O)c1cncc(C)c1. The largest absolute Gasteiger partial charge is 0.339 e. The molecule has 0 spiro atoms. The highest BCUT2D eigenvalue weighted by molar-refractivity contribution is 5.94. The van der Waals surface area contributed by atoms with E-state index >= 15 is 0 Å². The molecule has 2 rings (SSSR count). The summed E-state index contributed by atoms with van der Waals surface area (Å²) in [4.78, 5) is 18.5. The summed E-state index contributed by atoms with van der Waals surface area (Å²) >= 11 is 0. The number of hydrogen-bond acceptors (Lipinski definition) is 3. The molecule has 0 atom stereocenters. The topological polar surface area (TPSA) is 45.2 Å². The van der Waals surface area contributed by atoms with Crippen LogP contribution in [0.5, 0.6) is 0 Å². The van der Waals surface area contributed by atoms with Crippen LogP contribution in [0, 0.1) is 12.8 Å². The van der Waals surface area contributed by atoms with E-state index in [-0.39, 0.29) is 5.91 Å². The Bertz CT molecular complexity index is 427. The molecule has 0 saturated carbocycles. The molecule has 1 aromatic heterocycles. The van der Waals surface area contributed by atoms with E-state index in [1.165, 1.54) is 0 Å². The first-order valence-corrected chi connectivity index (χ1v) is 7.12. The fraction of sp³-hybridized carbons (Fsp3) is 0.600. The molecule has 1 N–H and O–H groups in total. The zero-order chi connectivity index (χ0) is 13.7. The van der Waals surface area contributed by atoms with Crippen molar-refractivity contribution in [2.24, 2.45) is 5.92 Å². The van der Waals surface area contributed by atoms with Gasteiger partial charge in [-0.05, 0) is 57.3 Å². The van der Waals surface area contributed by atoms with Gasteiger partial charge in [-0.15, -0.1) is 0 Å². The molecule has 1 aliphatic heterocycles. The second-order valence-corrected chi connectivity index (χ2v) is 5.29. The molecule has 1 aliphatic rings. The van der Waals surface area contributed by atoms with Crippen LogP contribution in [0.1, 0.15) is 35.7 Å². The Hall–Kier alpha value is -1.42. The standard InChI is InChI=1S/C15H23N3O/c1-3-18(11-13-4-6-16-7-5-13)15(19)14-8-12(2)9-17-10-14/h8-10,13,16H,3-7,11H2,1-2H3. The molecule has 1 saturated heterocycles. The van der Waals surface area contributed by atoms with Crippen LogP contribution in [0.25, 0.3) is 0 Å². The first-order chi connectivity index (χ1) is 9.20. The number of nitrogens with one attached hydrogen (secondary N) is 1. The van der Waals surface area contributed by atoms with Crippen LogP contribution in [0.4, 0.5) is 0 Å². The number of amides is 1. The number of piperidine rings is 1. The van der Waals surface area contributed by atoms with E-state index in [1.54, 1.807) is 12.4 Å². The summed E-state index contributed by atoms with van der Waals surface area (Å²) in [5.41, 5.74) is 1.74. The predicted molar refractivity (Wildman–Crippen MR) is 76.1 cm³/mol. The molecule has 0 aliphatic carbocycles. The minimum atomic E-state index is 0.109. The zero-order valence-electron chi connectivity index (χ0n) is 11.9. The molecule has 4 heteroatoms. The average molecular weight is 261 g/mol. The van der Waals surface area contributed by atoms with E-state index in [4.69, 9.17) is 0 Å². The van der Waals surface area contributed by atoms with Crippen molar-refractivity contribution in [2.45, 2.75) is 26.7 Å². The second kappa shape index (κ2) is 6.66. The molecule has 4 nitrogen and oxygen atoms in total. The molecule has 1 amide bonds. The van der Waals surface area contributed by atoms with Crippen molar-refractivity contribution < 1.29 is 4.79 Å². The Kier molecular flexibility index (Phi) is 4.91. The predicted octanol–water partition coefficient (Wildman–Crippen LogP) is 1.85. The number of carbonyl (C=O) groups is 1. The van der Waals surface area contributed by atoms with Crippen LogP contribution in [0.3, 0.4) is 0 Å². The van der Waals surface area contributed by atoms with Gasteiger partial charge in [0.2, 0.25) is 0 Å². The van der Waals surface area contributed by atoms with Crippen LogP contribution in [-0.2, 0) is 0 Å². The van der Waals surface area contributed by atoms with Crippen molar-refractivity contribution in [3.05, 3.63) is 29.6 Å². The number of carbonyl (C=O) groups excluding carboxylic acids is 1. The maximum Gasteiger partial charge on any atom is 0.255 e. The Labute approximate surface area is 115 Å². The van der Waals surface area contributed by atoms with Crippen molar-refractivity contribution >= 4 is 5.91 Å². The fourth-order valence-electron chi connectivity index (χ4n) is 2.59. The van der Waals surface area contributed by atoms with Gasteiger partial charge in [-0.3, -0.25) is 9.78 Å². The Morgan fingerprint density at radius 3 is 2.79 bits per heavy atom. The third kappa shape index (κ3) is 3.77. The van der Waals surface area contributed by atoms with E-state index in [1.807, 2.05) is 24.8 Å². The minimum absolute atomic E-state index is 0.109. The fourth-order valence-corrected chi connectivity index (χ4v) is 2.59. The summed E-state index contributed by atoms with van der Waals surface area (Å²) in [7, 11) is 0. The third-order valence-corrected chi connectivity index (χ3v) is 3.73. The third-order valence-electron chi connectivity index (χ3n) is 3.73. The van der Waals surface area contributed by atoms with E-state index < -0.39 is 0 Å². The van der Waals surface area contributed by atoms with Crippen molar-refractivity contribution in [3.63, 3.8) is 0 Å². The highest BCUT2D eigenvalue weighted by atomic mass is 16.2. The van der Waals surface area contributed by atoms with Crippen molar-refractivity contribution in [1.82, 2.24) is 15.2 Å². The second-order valence-electron chi connectivity index (χ2n) is 5.29. The lowest BCUT2D eigenvalue weighted by Gasteiger charge is -2.29. The smallest absolute Gasteiger partial charge is 0.255 e. The molecule has 0 unspecified atom stereocenters. The van der Waals surface area contributed by atoms with Crippen LogP contribution in [0.15, 0.2) is 18.5 Å². The van der Waals surface area contributed by atoms with Crippen LogP contribution in [-0.4, -0.2) is 42.0 Å². The van der Waals surface area contributed by atoms with Crippen LogP contribution < -0.4 is 5.32 Å². The van der Waals surface area contributed by atoms with Gasteiger partial charge in [0.25, 0.3) is 5.91 Å². The quantitative estimate of drug-likeness (QED) is 0.899. The van der Waals surface area contributed by atoms with Gasteiger partial charge in [-0.1, -0.05) is 0 Å². The van der Waals surface area contributed by atoms with E-state index in [0.717, 1.165) is 44.6 Å². The van der Waals surface area contributed by atoms with Gasteiger partial charge in [-0.2, -0.15) is 0 Å². The van der Waals surface area contributed by atoms with Crippen molar-refractivity contribution in [2.75, 3.05) is 26.2 Å². The summed E-state index contributed by atoms with van der Waals surface area (Å²) in [5.74, 6) is 0.736. The maximum atomic E-state index is 12.5. The first kappa shape index (κ1) is 14.0. The maximum absolute atomic E-state index is 12.5. The average Bonchev–Trinajstić information content (AvgIpc) is 2.45. The highest BCUT2D eigenvalue weighted by Gasteiger charge is 2.20. The molecule has 104 valence electrons. The van der Waals surface area contributed by atoms with E-state index in [2.05, 4.69) is 10.3 Å². The summed E-state index contributed by atoms with van der Waals surface area (Å²) in [6.45, 7) is 7.78. The Balaban J connectivity index is 2.02. The number of nitrogens with zero attached hydrogens (tertiary/aromatic N) is 2. The van der Waals surface area contributed by atoms with Crippen LogP contribution in [0.2, 0.25) is 0 Å². The normalized spacial score (nSPS) is 16.3. The van der Waals surface area contributed by atoms with Gasteiger partial charge in [0, 0.05) is 25.5 Å². The van der Waals surface area contributed by atoms with Gasteiger partial charge >= 0.3 is 0 Å². The summed E-state index contributed by atoms with van der Waals surface area (Å²) < 4.78 is 0. The number of aromatic nitrogens is 1. The minimum Gasteiger partial charge on any atom is -0.339 e. The summed E-state index contributed by atoms with van der Waals surface area (Å²) in [6, 6.07) is 1.92. The zero-order valence-corrected chi connectivity index (χ0v) is 11.9. The van der Waals surface area contributed by atoms with Crippen LogP contribution >= 0.6 is 0 Å². The molecular formula is C15H23N3O. The monoisotopic (exact) mass is 261 g/mol. The summed E-state index contributed by atoms with van der Waals surface area (Å²) in [6.07, 6.45) is 5.77. The lowest BCUT2D eigenvalue weighted by atomic mass is 9.97. The Morgan fingerprint density at radius 2 is 2.16 bits per heavy atom. The molecule has 2 heterocycles. The van der Waals surface area contributed by atoms with E-state index in [9.17, 15) is 4.79 Å². The molecule has 0 aromatic carbocycles. The van der Waals surface area contributed by atoms with Gasteiger partial charge in [0.15, 0.2) is 0 Å². The molecule has 0 bridgehead atoms. The highest BCUT2D eigenvalue weighted by Crippen LogP contribution is 2.15. The van der Waals surface area contributed by atoms with Gasteiger partial charge in [-0.25, -0.2) is 0 Å². The van der Waals surface area contributed by atoms with Gasteiger partial charge < -0.3 is 10.2 Å².